The van der Waals surface area contributed by atoms with Crippen LogP contribution < -0.4 is 0 Å². The molecule has 19 heavy (non-hydrogen) atoms. The normalized spacial score (nSPS) is 27.1. The van der Waals surface area contributed by atoms with Gasteiger partial charge in [-0.25, -0.2) is 0 Å². The molecule has 0 aliphatic carbocycles. The van der Waals surface area contributed by atoms with Crippen molar-refractivity contribution in [1.29, 1.82) is 0 Å². The third-order valence-corrected chi connectivity index (χ3v) is 5.23. The minimum absolute atomic E-state index is 0.198. The lowest BCUT2D eigenvalue weighted by molar-refractivity contribution is 0.148. The van der Waals surface area contributed by atoms with Gasteiger partial charge in [-0.15, -0.1) is 11.8 Å². The van der Waals surface area contributed by atoms with Crippen molar-refractivity contribution in [1.82, 2.24) is 0 Å². The molecule has 2 aromatic carbocycles. The van der Waals surface area contributed by atoms with Crippen molar-refractivity contribution in [3.8, 4) is 0 Å². The first kappa shape index (κ1) is 12.8. The van der Waals surface area contributed by atoms with Gasteiger partial charge in [0.25, 0.3) is 0 Å². The van der Waals surface area contributed by atoms with Crippen molar-refractivity contribution < 1.29 is 5.11 Å². The van der Waals surface area contributed by atoms with E-state index in [0.717, 1.165) is 12.8 Å². The van der Waals surface area contributed by atoms with E-state index in [4.69, 9.17) is 0 Å². The predicted octanol–water partition coefficient (Wildman–Crippen LogP) is 4.36. The molecule has 98 valence electrons. The van der Waals surface area contributed by atoms with Gasteiger partial charge in [0.1, 0.15) is 0 Å². The standard InChI is InChI=1S/C17H18OS/c18-15-11-16(13-7-3-1-4-8-13)19-17(12-15)14-9-5-2-6-10-14/h1-10,15-18H,11-12H2. The lowest BCUT2D eigenvalue weighted by Gasteiger charge is -2.32. The summed E-state index contributed by atoms with van der Waals surface area (Å²) >= 11 is 1.98. The minimum atomic E-state index is -0.198. The Hall–Kier alpha value is -1.25. The van der Waals surface area contributed by atoms with Crippen LogP contribution in [-0.4, -0.2) is 11.2 Å². The molecule has 3 rings (SSSR count). The minimum Gasteiger partial charge on any atom is -0.393 e. The molecule has 1 nitrogen and oxygen atoms in total. The SMILES string of the molecule is OC1CC(c2ccccc2)SC(c2ccccc2)C1. The zero-order valence-corrected chi connectivity index (χ0v) is 11.6. The molecule has 2 atom stereocenters. The fourth-order valence-electron chi connectivity index (χ4n) is 2.66. The summed E-state index contributed by atoms with van der Waals surface area (Å²) in [4.78, 5) is 0. The molecule has 0 radical (unpaired) electrons. The summed E-state index contributed by atoms with van der Waals surface area (Å²) in [5.74, 6) is 0. The predicted molar refractivity (Wildman–Crippen MR) is 81.2 cm³/mol. The Morgan fingerprint density at radius 3 is 1.58 bits per heavy atom. The maximum absolute atomic E-state index is 10.2. The van der Waals surface area contributed by atoms with Crippen molar-refractivity contribution in [3.05, 3.63) is 71.8 Å². The van der Waals surface area contributed by atoms with E-state index < -0.39 is 0 Å². The second-order valence-corrected chi connectivity index (χ2v) is 6.47. The third kappa shape index (κ3) is 3.02. The summed E-state index contributed by atoms with van der Waals surface area (Å²) in [5, 5.41) is 11.0. The number of hydrogen-bond acceptors (Lipinski definition) is 2. The maximum atomic E-state index is 10.2. The molecule has 2 heteroatoms. The molecular weight excluding hydrogens is 252 g/mol. The highest BCUT2D eigenvalue weighted by atomic mass is 32.2. The maximum Gasteiger partial charge on any atom is 0.0567 e. The summed E-state index contributed by atoms with van der Waals surface area (Å²) < 4.78 is 0. The molecule has 0 amide bonds. The van der Waals surface area contributed by atoms with Crippen LogP contribution in [0.4, 0.5) is 0 Å². The molecule has 2 aromatic rings. The van der Waals surface area contributed by atoms with Gasteiger partial charge in [-0.05, 0) is 24.0 Å². The molecule has 1 saturated heterocycles. The van der Waals surface area contributed by atoms with Crippen LogP contribution in [0, 0.1) is 0 Å². The Labute approximate surface area is 118 Å². The molecule has 0 aromatic heterocycles. The van der Waals surface area contributed by atoms with Crippen LogP contribution in [0.2, 0.25) is 0 Å². The average Bonchev–Trinajstić information content (AvgIpc) is 2.48. The third-order valence-electron chi connectivity index (χ3n) is 3.64. The Kier molecular flexibility index (Phi) is 3.90. The van der Waals surface area contributed by atoms with Gasteiger partial charge in [-0.1, -0.05) is 60.7 Å². The van der Waals surface area contributed by atoms with Crippen LogP contribution in [0.15, 0.2) is 60.7 Å². The highest BCUT2D eigenvalue weighted by Gasteiger charge is 2.29. The van der Waals surface area contributed by atoms with E-state index in [1.165, 1.54) is 11.1 Å². The van der Waals surface area contributed by atoms with Crippen molar-refractivity contribution in [2.45, 2.75) is 29.4 Å². The van der Waals surface area contributed by atoms with Gasteiger partial charge in [-0.2, -0.15) is 0 Å². The van der Waals surface area contributed by atoms with E-state index in [-0.39, 0.29) is 6.10 Å². The zero-order chi connectivity index (χ0) is 13.1. The van der Waals surface area contributed by atoms with Gasteiger partial charge in [0.05, 0.1) is 6.10 Å². The van der Waals surface area contributed by atoms with Crippen LogP contribution in [0.5, 0.6) is 0 Å². The number of thioether (sulfide) groups is 1. The Morgan fingerprint density at radius 2 is 1.16 bits per heavy atom. The molecule has 0 bridgehead atoms. The fourth-order valence-corrected chi connectivity index (χ4v) is 4.36. The molecule has 1 heterocycles. The molecule has 1 aliphatic heterocycles. The first-order chi connectivity index (χ1) is 9.33. The van der Waals surface area contributed by atoms with Crippen molar-refractivity contribution in [2.24, 2.45) is 0 Å². The van der Waals surface area contributed by atoms with Gasteiger partial charge in [-0.3, -0.25) is 0 Å². The lowest BCUT2D eigenvalue weighted by atomic mass is 9.99. The van der Waals surface area contributed by atoms with Gasteiger partial charge >= 0.3 is 0 Å². The Morgan fingerprint density at radius 1 is 0.737 bits per heavy atom. The number of rotatable bonds is 2. The molecule has 1 fully saturated rings. The van der Waals surface area contributed by atoms with Crippen molar-refractivity contribution in [3.63, 3.8) is 0 Å². The summed E-state index contributed by atoms with van der Waals surface area (Å²) in [6.07, 6.45) is 1.52. The van der Waals surface area contributed by atoms with E-state index >= 15 is 0 Å². The monoisotopic (exact) mass is 270 g/mol. The van der Waals surface area contributed by atoms with Crippen LogP contribution in [0.3, 0.4) is 0 Å². The molecule has 0 spiro atoms. The molecule has 1 aliphatic rings. The summed E-state index contributed by atoms with van der Waals surface area (Å²) in [5.41, 5.74) is 2.65. The quantitative estimate of drug-likeness (QED) is 0.875. The van der Waals surface area contributed by atoms with Crippen molar-refractivity contribution >= 4 is 11.8 Å². The Balaban J connectivity index is 1.82. The van der Waals surface area contributed by atoms with Crippen molar-refractivity contribution in [2.75, 3.05) is 0 Å². The summed E-state index contributed by atoms with van der Waals surface area (Å²) in [6, 6.07) is 21.1. The second kappa shape index (κ2) is 5.81. The molecule has 1 N–H and O–H groups in total. The molecule has 2 unspecified atom stereocenters. The van der Waals surface area contributed by atoms with Crippen LogP contribution >= 0.6 is 11.8 Å². The first-order valence-corrected chi connectivity index (χ1v) is 7.70. The average molecular weight is 270 g/mol. The van der Waals surface area contributed by atoms with Gasteiger partial charge in [0.15, 0.2) is 0 Å². The highest BCUT2D eigenvalue weighted by Crippen LogP contribution is 2.49. The largest absolute Gasteiger partial charge is 0.393 e. The summed E-state index contributed by atoms with van der Waals surface area (Å²) in [7, 11) is 0. The lowest BCUT2D eigenvalue weighted by Crippen LogP contribution is -2.20. The summed E-state index contributed by atoms with van der Waals surface area (Å²) in [6.45, 7) is 0. The van der Waals surface area contributed by atoms with Crippen LogP contribution in [0.25, 0.3) is 0 Å². The van der Waals surface area contributed by atoms with E-state index in [2.05, 4.69) is 48.5 Å². The zero-order valence-electron chi connectivity index (χ0n) is 10.8. The van der Waals surface area contributed by atoms with E-state index in [9.17, 15) is 5.11 Å². The highest BCUT2D eigenvalue weighted by molar-refractivity contribution is 7.99. The second-order valence-electron chi connectivity index (χ2n) is 5.06. The van der Waals surface area contributed by atoms with E-state index in [1.54, 1.807) is 0 Å². The molecular formula is C17H18OS. The van der Waals surface area contributed by atoms with E-state index in [0.29, 0.717) is 10.5 Å². The number of aliphatic hydroxyl groups excluding tert-OH is 1. The first-order valence-electron chi connectivity index (χ1n) is 6.76. The number of hydrogen-bond donors (Lipinski definition) is 1. The van der Waals surface area contributed by atoms with Gasteiger partial charge < -0.3 is 5.11 Å². The van der Waals surface area contributed by atoms with Crippen LogP contribution in [-0.2, 0) is 0 Å². The number of benzene rings is 2. The van der Waals surface area contributed by atoms with Crippen LogP contribution in [0.1, 0.15) is 34.5 Å². The van der Waals surface area contributed by atoms with E-state index in [1.807, 2.05) is 23.9 Å². The number of aliphatic hydroxyl groups is 1. The van der Waals surface area contributed by atoms with Gasteiger partial charge in [0, 0.05) is 10.5 Å². The molecule has 0 saturated carbocycles. The Bertz CT molecular complexity index is 464. The fraction of sp³-hybridized carbons (Fsp3) is 0.294. The topological polar surface area (TPSA) is 20.2 Å². The smallest absolute Gasteiger partial charge is 0.0567 e. The van der Waals surface area contributed by atoms with Gasteiger partial charge in [0.2, 0.25) is 0 Å².